The summed E-state index contributed by atoms with van der Waals surface area (Å²) in [6.07, 6.45) is 3.99. The maximum absolute atomic E-state index is 10.7. The Morgan fingerprint density at radius 1 is 1.33 bits per heavy atom. The molecule has 3 atom stereocenters. The summed E-state index contributed by atoms with van der Waals surface area (Å²) >= 11 is 0. The molecule has 2 N–H and O–H groups in total. The van der Waals surface area contributed by atoms with Crippen LogP contribution in [0.15, 0.2) is 0 Å². The summed E-state index contributed by atoms with van der Waals surface area (Å²) in [5.74, 6) is -0.0219. The molecule has 68 valence electrons. The van der Waals surface area contributed by atoms with Crippen molar-refractivity contribution < 1.29 is 9.90 Å². The minimum absolute atomic E-state index is 0.0638. The van der Waals surface area contributed by atoms with Crippen molar-refractivity contribution in [2.45, 2.75) is 31.7 Å². The van der Waals surface area contributed by atoms with Crippen LogP contribution in [0.3, 0.4) is 0 Å². The molecule has 0 aromatic heterocycles. The molecule has 2 aliphatic rings. The lowest BCUT2D eigenvalue weighted by atomic mass is 9.79. The normalized spacial score (nSPS) is 40.8. The molecule has 2 fully saturated rings. The summed E-state index contributed by atoms with van der Waals surface area (Å²) in [6.45, 7) is 1.08. The van der Waals surface area contributed by atoms with E-state index in [2.05, 4.69) is 5.32 Å². The van der Waals surface area contributed by atoms with Gasteiger partial charge in [-0.25, -0.2) is 0 Å². The third kappa shape index (κ3) is 1.33. The van der Waals surface area contributed by atoms with E-state index in [4.69, 9.17) is 5.11 Å². The predicted molar refractivity (Wildman–Crippen MR) is 44.9 cm³/mol. The van der Waals surface area contributed by atoms with Gasteiger partial charge in [-0.05, 0) is 38.1 Å². The largest absolute Gasteiger partial charge is 0.481 e. The Hall–Kier alpha value is -0.570. The van der Waals surface area contributed by atoms with Crippen molar-refractivity contribution in [2.75, 3.05) is 6.54 Å². The molecule has 1 heterocycles. The zero-order valence-corrected chi connectivity index (χ0v) is 7.12. The standard InChI is InChI=1S/C9H15NO2/c11-9(12)7-1-2-8-6(5-7)3-4-10-8/h6-8,10H,1-5H2,(H,11,12)/t6-,7-,8+/m0/s1. The van der Waals surface area contributed by atoms with Gasteiger partial charge in [0, 0.05) is 6.04 Å². The highest BCUT2D eigenvalue weighted by Crippen LogP contribution is 2.34. The van der Waals surface area contributed by atoms with E-state index >= 15 is 0 Å². The zero-order chi connectivity index (χ0) is 8.55. The van der Waals surface area contributed by atoms with Gasteiger partial charge in [-0.2, -0.15) is 0 Å². The highest BCUT2D eigenvalue weighted by Gasteiger charge is 2.35. The summed E-state index contributed by atoms with van der Waals surface area (Å²) < 4.78 is 0. The minimum Gasteiger partial charge on any atom is -0.481 e. The Morgan fingerprint density at radius 2 is 2.17 bits per heavy atom. The van der Waals surface area contributed by atoms with Crippen LogP contribution in [0.5, 0.6) is 0 Å². The van der Waals surface area contributed by atoms with E-state index in [1.165, 1.54) is 6.42 Å². The lowest BCUT2D eigenvalue weighted by molar-refractivity contribution is -0.143. The fraction of sp³-hybridized carbons (Fsp3) is 0.889. The molecule has 1 saturated heterocycles. The van der Waals surface area contributed by atoms with Crippen molar-refractivity contribution in [3.63, 3.8) is 0 Å². The minimum atomic E-state index is -0.597. The Morgan fingerprint density at radius 3 is 2.92 bits per heavy atom. The first-order chi connectivity index (χ1) is 5.77. The van der Waals surface area contributed by atoms with Crippen molar-refractivity contribution in [1.29, 1.82) is 0 Å². The molecule has 2 rings (SSSR count). The molecule has 0 aromatic carbocycles. The molecule has 0 aromatic rings. The fourth-order valence-corrected chi connectivity index (χ4v) is 2.53. The van der Waals surface area contributed by atoms with Crippen LogP contribution < -0.4 is 5.32 Å². The summed E-state index contributed by atoms with van der Waals surface area (Å²) in [5.41, 5.74) is 0. The first-order valence-corrected chi connectivity index (χ1v) is 4.73. The van der Waals surface area contributed by atoms with Gasteiger partial charge in [-0.3, -0.25) is 4.79 Å². The van der Waals surface area contributed by atoms with E-state index in [-0.39, 0.29) is 5.92 Å². The molecule has 0 amide bonds. The van der Waals surface area contributed by atoms with E-state index in [1.54, 1.807) is 0 Å². The van der Waals surface area contributed by atoms with Crippen LogP contribution in [-0.4, -0.2) is 23.7 Å². The van der Waals surface area contributed by atoms with Gasteiger partial charge in [-0.1, -0.05) is 0 Å². The number of nitrogens with one attached hydrogen (secondary N) is 1. The highest BCUT2D eigenvalue weighted by molar-refractivity contribution is 5.70. The molecule has 0 radical (unpaired) electrons. The van der Waals surface area contributed by atoms with E-state index in [0.717, 1.165) is 25.8 Å². The smallest absolute Gasteiger partial charge is 0.306 e. The second-order valence-corrected chi connectivity index (χ2v) is 3.96. The molecule has 12 heavy (non-hydrogen) atoms. The van der Waals surface area contributed by atoms with Gasteiger partial charge >= 0.3 is 5.97 Å². The summed E-state index contributed by atoms with van der Waals surface area (Å²) in [4.78, 5) is 10.7. The molecule has 1 aliphatic carbocycles. The van der Waals surface area contributed by atoms with Crippen LogP contribution in [0.1, 0.15) is 25.7 Å². The molecular weight excluding hydrogens is 154 g/mol. The zero-order valence-electron chi connectivity index (χ0n) is 7.12. The summed E-state index contributed by atoms with van der Waals surface area (Å²) in [6, 6.07) is 0.626. The van der Waals surface area contributed by atoms with Gasteiger partial charge in [0.25, 0.3) is 0 Å². The van der Waals surface area contributed by atoms with Crippen LogP contribution in [-0.2, 0) is 4.79 Å². The molecule has 3 heteroatoms. The second-order valence-electron chi connectivity index (χ2n) is 3.96. The maximum Gasteiger partial charge on any atom is 0.306 e. The van der Waals surface area contributed by atoms with Crippen molar-refractivity contribution >= 4 is 5.97 Å². The number of carboxylic acid groups (broad SMARTS) is 1. The van der Waals surface area contributed by atoms with Crippen molar-refractivity contribution in [3.05, 3.63) is 0 Å². The SMILES string of the molecule is O=C(O)[C@H]1CC[C@H]2NCC[C@H]2C1. The molecule has 0 spiro atoms. The number of rotatable bonds is 1. The third-order valence-corrected chi connectivity index (χ3v) is 3.25. The Kier molecular flexibility index (Phi) is 2.05. The molecule has 1 aliphatic heterocycles. The van der Waals surface area contributed by atoms with Crippen LogP contribution in [0.2, 0.25) is 0 Å². The number of fused-ring (bicyclic) bond motifs is 1. The van der Waals surface area contributed by atoms with Crippen molar-refractivity contribution in [2.24, 2.45) is 11.8 Å². The fourth-order valence-electron chi connectivity index (χ4n) is 2.53. The topological polar surface area (TPSA) is 49.3 Å². The molecule has 0 bridgehead atoms. The monoisotopic (exact) mass is 169 g/mol. The molecule has 3 nitrogen and oxygen atoms in total. The average molecular weight is 169 g/mol. The van der Waals surface area contributed by atoms with Gasteiger partial charge in [0.15, 0.2) is 0 Å². The van der Waals surface area contributed by atoms with E-state index in [9.17, 15) is 4.79 Å². The van der Waals surface area contributed by atoms with Gasteiger partial charge < -0.3 is 10.4 Å². The summed E-state index contributed by atoms with van der Waals surface area (Å²) in [5, 5.41) is 12.3. The second kappa shape index (κ2) is 3.05. The number of carbonyl (C=O) groups is 1. The van der Waals surface area contributed by atoms with Crippen molar-refractivity contribution in [1.82, 2.24) is 5.32 Å². The van der Waals surface area contributed by atoms with E-state index < -0.39 is 5.97 Å². The predicted octanol–water partition coefficient (Wildman–Crippen LogP) is 0.849. The number of aliphatic carboxylic acids is 1. The molecular formula is C9H15NO2. The molecule has 1 saturated carbocycles. The third-order valence-electron chi connectivity index (χ3n) is 3.25. The maximum atomic E-state index is 10.7. The lowest BCUT2D eigenvalue weighted by Gasteiger charge is -2.29. The van der Waals surface area contributed by atoms with Crippen LogP contribution in [0.25, 0.3) is 0 Å². The average Bonchev–Trinajstić information content (AvgIpc) is 2.49. The van der Waals surface area contributed by atoms with Gasteiger partial charge in [0.2, 0.25) is 0 Å². The highest BCUT2D eigenvalue weighted by atomic mass is 16.4. The van der Waals surface area contributed by atoms with Gasteiger partial charge in [-0.15, -0.1) is 0 Å². The van der Waals surface area contributed by atoms with Crippen LogP contribution >= 0.6 is 0 Å². The van der Waals surface area contributed by atoms with Gasteiger partial charge in [0.05, 0.1) is 5.92 Å². The first kappa shape index (κ1) is 8.05. The summed E-state index contributed by atoms with van der Waals surface area (Å²) in [7, 11) is 0. The lowest BCUT2D eigenvalue weighted by Crippen LogP contribution is -2.35. The van der Waals surface area contributed by atoms with Crippen molar-refractivity contribution in [3.8, 4) is 0 Å². The Bertz CT molecular complexity index is 193. The van der Waals surface area contributed by atoms with Gasteiger partial charge in [0.1, 0.15) is 0 Å². The van der Waals surface area contributed by atoms with Crippen LogP contribution in [0.4, 0.5) is 0 Å². The number of carboxylic acids is 1. The molecule has 0 unspecified atom stereocenters. The Balaban J connectivity index is 1.96. The Labute approximate surface area is 72.2 Å². The quantitative estimate of drug-likeness (QED) is 0.611. The van der Waals surface area contributed by atoms with Crippen LogP contribution in [0, 0.1) is 11.8 Å². The number of hydrogen-bond donors (Lipinski definition) is 2. The number of hydrogen-bond acceptors (Lipinski definition) is 2. The first-order valence-electron chi connectivity index (χ1n) is 4.73. The van der Waals surface area contributed by atoms with E-state index in [0.29, 0.717) is 12.0 Å². The van der Waals surface area contributed by atoms with E-state index in [1.807, 2.05) is 0 Å².